The Morgan fingerprint density at radius 3 is 2.38 bits per heavy atom. The number of hydrogen-bond donors (Lipinski definition) is 1. The van der Waals surface area contributed by atoms with E-state index in [-0.39, 0.29) is 6.61 Å². The van der Waals surface area contributed by atoms with Crippen molar-refractivity contribution in [3.8, 4) is 0 Å². The Balaban J connectivity index is 2.36. The molecule has 0 spiro atoms. The molecule has 0 aliphatic heterocycles. The molecule has 0 aromatic heterocycles. The third kappa shape index (κ3) is 3.30. The standard InChI is InChI=1S/C16H25NO3S/c1-4-17(10-14-6-5-7-14)21(19,20)16-9-15(11-18)12(2)8-13(16)3/h8-9,14,18H,4-7,10-11H2,1-3H3. The molecule has 118 valence electrons. The number of sulfonamides is 1. The molecule has 0 saturated heterocycles. The average Bonchev–Trinajstić information content (AvgIpc) is 2.37. The van der Waals surface area contributed by atoms with Crippen LogP contribution in [0.25, 0.3) is 0 Å². The Bertz CT molecular complexity index is 606. The zero-order valence-electron chi connectivity index (χ0n) is 13.1. The summed E-state index contributed by atoms with van der Waals surface area (Å²) in [5, 5.41) is 9.38. The van der Waals surface area contributed by atoms with Gasteiger partial charge in [0.05, 0.1) is 11.5 Å². The number of nitrogens with zero attached hydrogens (tertiary/aromatic N) is 1. The molecule has 0 heterocycles. The highest BCUT2D eigenvalue weighted by Gasteiger charge is 2.29. The lowest BCUT2D eigenvalue weighted by atomic mass is 9.85. The second-order valence-electron chi connectivity index (χ2n) is 5.95. The zero-order chi connectivity index (χ0) is 15.6. The van der Waals surface area contributed by atoms with Gasteiger partial charge in [-0.3, -0.25) is 0 Å². The van der Waals surface area contributed by atoms with Crippen molar-refractivity contribution >= 4 is 10.0 Å². The number of benzene rings is 1. The second-order valence-corrected chi connectivity index (χ2v) is 7.86. The summed E-state index contributed by atoms with van der Waals surface area (Å²) < 4.78 is 27.3. The van der Waals surface area contributed by atoms with Crippen molar-refractivity contribution in [1.82, 2.24) is 4.31 Å². The molecular formula is C16H25NO3S. The van der Waals surface area contributed by atoms with Crippen LogP contribution < -0.4 is 0 Å². The van der Waals surface area contributed by atoms with E-state index < -0.39 is 10.0 Å². The van der Waals surface area contributed by atoms with E-state index in [9.17, 15) is 13.5 Å². The van der Waals surface area contributed by atoms with Gasteiger partial charge in [-0.15, -0.1) is 0 Å². The lowest BCUT2D eigenvalue weighted by Gasteiger charge is -2.31. The van der Waals surface area contributed by atoms with Gasteiger partial charge in [0.25, 0.3) is 0 Å². The molecule has 4 nitrogen and oxygen atoms in total. The smallest absolute Gasteiger partial charge is 0.243 e. The highest BCUT2D eigenvalue weighted by atomic mass is 32.2. The Labute approximate surface area is 127 Å². The maximum Gasteiger partial charge on any atom is 0.243 e. The van der Waals surface area contributed by atoms with E-state index in [0.29, 0.717) is 29.5 Å². The van der Waals surface area contributed by atoms with Crippen molar-refractivity contribution in [2.24, 2.45) is 5.92 Å². The van der Waals surface area contributed by atoms with Crippen LogP contribution in [0.5, 0.6) is 0 Å². The number of rotatable bonds is 6. The predicted molar refractivity (Wildman–Crippen MR) is 83.6 cm³/mol. The molecule has 0 atom stereocenters. The Hall–Kier alpha value is -0.910. The molecule has 1 aromatic carbocycles. The summed E-state index contributed by atoms with van der Waals surface area (Å²) in [4.78, 5) is 0.332. The second kappa shape index (κ2) is 6.46. The van der Waals surface area contributed by atoms with Gasteiger partial charge in [0.2, 0.25) is 10.0 Å². The molecule has 1 saturated carbocycles. The fourth-order valence-electron chi connectivity index (χ4n) is 2.82. The van der Waals surface area contributed by atoms with Crippen LogP contribution in [-0.4, -0.2) is 30.9 Å². The first-order valence-corrected chi connectivity index (χ1v) is 9.05. The summed E-state index contributed by atoms with van der Waals surface area (Å²) in [6.07, 6.45) is 3.46. The number of aryl methyl sites for hydroxylation is 2. The van der Waals surface area contributed by atoms with Crippen molar-refractivity contribution < 1.29 is 13.5 Å². The van der Waals surface area contributed by atoms with Crippen LogP contribution in [0.3, 0.4) is 0 Å². The van der Waals surface area contributed by atoms with Crippen LogP contribution in [-0.2, 0) is 16.6 Å². The molecule has 2 rings (SSSR count). The van der Waals surface area contributed by atoms with Crippen LogP contribution in [0.15, 0.2) is 17.0 Å². The predicted octanol–water partition coefficient (Wildman–Crippen LogP) is 2.61. The lowest BCUT2D eigenvalue weighted by molar-refractivity contribution is 0.250. The minimum Gasteiger partial charge on any atom is -0.392 e. The Morgan fingerprint density at radius 2 is 1.90 bits per heavy atom. The molecule has 1 aliphatic rings. The van der Waals surface area contributed by atoms with E-state index >= 15 is 0 Å². The maximum atomic E-state index is 12.9. The topological polar surface area (TPSA) is 57.6 Å². The molecular weight excluding hydrogens is 286 g/mol. The normalized spacial score (nSPS) is 16.2. The quantitative estimate of drug-likeness (QED) is 0.878. The minimum absolute atomic E-state index is 0.136. The van der Waals surface area contributed by atoms with E-state index in [1.165, 1.54) is 6.42 Å². The van der Waals surface area contributed by atoms with Gasteiger partial charge < -0.3 is 5.11 Å². The minimum atomic E-state index is -3.48. The number of hydrogen-bond acceptors (Lipinski definition) is 3. The summed E-state index contributed by atoms with van der Waals surface area (Å²) in [5.74, 6) is 0.503. The van der Waals surface area contributed by atoms with Crippen molar-refractivity contribution in [2.45, 2.75) is 51.5 Å². The fraction of sp³-hybridized carbons (Fsp3) is 0.625. The molecule has 0 radical (unpaired) electrons. The molecule has 1 aliphatic carbocycles. The molecule has 0 unspecified atom stereocenters. The third-order valence-corrected chi connectivity index (χ3v) is 6.54. The first-order chi connectivity index (χ1) is 9.90. The van der Waals surface area contributed by atoms with Crippen molar-refractivity contribution in [1.29, 1.82) is 0 Å². The number of aliphatic hydroxyl groups is 1. The maximum absolute atomic E-state index is 12.9. The molecule has 0 bridgehead atoms. The van der Waals surface area contributed by atoms with E-state index in [4.69, 9.17) is 0 Å². The molecule has 5 heteroatoms. The van der Waals surface area contributed by atoms with E-state index in [1.54, 1.807) is 10.4 Å². The third-order valence-electron chi connectivity index (χ3n) is 4.46. The van der Waals surface area contributed by atoms with Crippen molar-refractivity contribution in [3.63, 3.8) is 0 Å². The molecule has 1 fully saturated rings. The van der Waals surface area contributed by atoms with Crippen LogP contribution in [0, 0.1) is 19.8 Å². The van der Waals surface area contributed by atoms with E-state index in [1.807, 2.05) is 26.8 Å². The summed E-state index contributed by atoms with van der Waals surface area (Å²) >= 11 is 0. The van der Waals surface area contributed by atoms with Crippen LogP contribution in [0.1, 0.15) is 42.9 Å². The van der Waals surface area contributed by atoms with Crippen molar-refractivity contribution in [2.75, 3.05) is 13.1 Å². The Morgan fingerprint density at radius 1 is 1.24 bits per heavy atom. The largest absolute Gasteiger partial charge is 0.392 e. The summed E-state index contributed by atoms with van der Waals surface area (Å²) in [7, 11) is -3.48. The molecule has 21 heavy (non-hydrogen) atoms. The lowest BCUT2D eigenvalue weighted by Crippen LogP contribution is -2.37. The van der Waals surface area contributed by atoms with Gasteiger partial charge >= 0.3 is 0 Å². The molecule has 0 amide bonds. The van der Waals surface area contributed by atoms with Crippen LogP contribution in [0.4, 0.5) is 0 Å². The first kappa shape index (κ1) is 16.5. The van der Waals surface area contributed by atoms with Crippen molar-refractivity contribution in [3.05, 3.63) is 28.8 Å². The highest BCUT2D eigenvalue weighted by Crippen LogP contribution is 2.30. The molecule has 1 N–H and O–H groups in total. The summed E-state index contributed by atoms with van der Waals surface area (Å²) in [5.41, 5.74) is 2.35. The van der Waals surface area contributed by atoms with Gasteiger partial charge in [0, 0.05) is 13.1 Å². The monoisotopic (exact) mass is 311 g/mol. The highest BCUT2D eigenvalue weighted by molar-refractivity contribution is 7.89. The summed E-state index contributed by atoms with van der Waals surface area (Å²) in [6.45, 7) is 6.55. The van der Waals surface area contributed by atoms with Crippen LogP contribution in [0.2, 0.25) is 0 Å². The number of aliphatic hydroxyl groups excluding tert-OH is 1. The summed E-state index contributed by atoms with van der Waals surface area (Å²) in [6, 6.07) is 3.47. The van der Waals surface area contributed by atoms with E-state index in [2.05, 4.69) is 0 Å². The SMILES string of the molecule is CCN(CC1CCC1)S(=O)(=O)c1cc(CO)c(C)cc1C. The van der Waals surface area contributed by atoms with Gasteiger partial charge in [0.1, 0.15) is 0 Å². The fourth-order valence-corrected chi connectivity index (χ4v) is 4.60. The van der Waals surface area contributed by atoms with Gasteiger partial charge in [-0.1, -0.05) is 19.4 Å². The van der Waals surface area contributed by atoms with Gasteiger partial charge in [0.15, 0.2) is 0 Å². The Kier molecular flexibility index (Phi) is 5.07. The molecule has 1 aromatic rings. The van der Waals surface area contributed by atoms with Gasteiger partial charge in [-0.25, -0.2) is 8.42 Å². The van der Waals surface area contributed by atoms with Gasteiger partial charge in [-0.05, 0) is 55.4 Å². The van der Waals surface area contributed by atoms with Crippen LogP contribution >= 0.6 is 0 Å². The zero-order valence-corrected chi connectivity index (χ0v) is 13.9. The van der Waals surface area contributed by atoms with Gasteiger partial charge in [-0.2, -0.15) is 4.31 Å². The average molecular weight is 311 g/mol. The first-order valence-electron chi connectivity index (χ1n) is 7.61. The van der Waals surface area contributed by atoms with E-state index in [0.717, 1.165) is 24.0 Å².